The Morgan fingerprint density at radius 3 is 2.21 bits per heavy atom. The van der Waals surface area contributed by atoms with Gasteiger partial charge in [0.15, 0.2) is 0 Å². The molecule has 2 rings (SSSR count). The van der Waals surface area contributed by atoms with Crippen LogP contribution < -0.4 is 5.19 Å². The Morgan fingerprint density at radius 2 is 1.68 bits per heavy atom. The van der Waals surface area contributed by atoms with Gasteiger partial charge in [0, 0.05) is 11.3 Å². The first-order chi connectivity index (χ1) is 8.93. The smallest absolute Gasteiger partial charge is 0.0803 e. The van der Waals surface area contributed by atoms with E-state index >= 15 is 0 Å². The predicted octanol–water partition coefficient (Wildman–Crippen LogP) is 4.16. The van der Waals surface area contributed by atoms with E-state index in [9.17, 15) is 0 Å². The molecule has 0 bridgehead atoms. The van der Waals surface area contributed by atoms with Gasteiger partial charge in [0.1, 0.15) is 0 Å². The van der Waals surface area contributed by atoms with Crippen molar-refractivity contribution in [3.63, 3.8) is 0 Å². The van der Waals surface area contributed by atoms with Crippen LogP contribution in [-0.2, 0) is 6.42 Å². The SMILES string of the molecule is CCc1cc(-c2ccccc2)nc(C)c1[Si](C)(C)C. The third-order valence-electron chi connectivity index (χ3n) is 3.48. The zero-order chi connectivity index (χ0) is 14.0. The van der Waals surface area contributed by atoms with E-state index in [0.717, 1.165) is 12.1 Å². The van der Waals surface area contributed by atoms with Crippen molar-refractivity contribution in [2.45, 2.75) is 39.9 Å². The van der Waals surface area contributed by atoms with Gasteiger partial charge >= 0.3 is 0 Å². The minimum absolute atomic E-state index is 1.09. The van der Waals surface area contributed by atoms with Crippen LogP contribution in [0.1, 0.15) is 18.2 Å². The zero-order valence-electron chi connectivity index (χ0n) is 12.6. The molecule has 0 aliphatic heterocycles. The standard InChI is InChI=1S/C17H23NSi/c1-6-14-12-16(15-10-8-7-9-11-15)18-13(2)17(14)19(3,4)5/h7-12H,6H2,1-5H3. The van der Waals surface area contributed by atoms with Gasteiger partial charge in [0.2, 0.25) is 0 Å². The van der Waals surface area contributed by atoms with E-state index in [1.807, 2.05) is 6.07 Å². The predicted molar refractivity (Wildman–Crippen MR) is 86.8 cm³/mol. The number of nitrogens with zero attached hydrogens (tertiary/aromatic N) is 1. The first kappa shape index (κ1) is 14.0. The molecule has 1 aromatic carbocycles. The molecule has 100 valence electrons. The summed E-state index contributed by atoms with van der Waals surface area (Å²) in [5.41, 5.74) is 5.02. The Labute approximate surface area is 117 Å². The highest BCUT2D eigenvalue weighted by molar-refractivity contribution is 6.89. The lowest BCUT2D eigenvalue weighted by atomic mass is 10.1. The summed E-state index contributed by atoms with van der Waals surface area (Å²) in [6.45, 7) is 11.6. The summed E-state index contributed by atoms with van der Waals surface area (Å²) in [5, 5.41) is 1.54. The van der Waals surface area contributed by atoms with E-state index in [2.05, 4.69) is 63.8 Å². The molecular weight excluding hydrogens is 246 g/mol. The van der Waals surface area contributed by atoms with Gasteiger partial charge in [0.25, 0.3) is 0 Å². The average Bonchev–Trinajstić information content (AvgIpc) is 2.37. The van der Waals surface area contributed by atoms with E-state index in [1.54, 1.807) is 0 Å². The van der Waals surface area contributed by atoms with Crippen molar-refractivity contribution in [2.75, 3.05) is 0 Å². The lowest BCUT2D eigenvalue weighted by Gasteiger charge is -2.23. The Kier molecular flexibility index (Phi) is 3.90. The molecular formula is C17H23NSi. The summed E-state index contributed by atoms with van der Waals surface area (Å²) in [4.78, 5) is 4.85. The molecule has 0 aliphatic rings. The van der Waals surface area contributed by atoms with Crippen LogP contribution in [0.3, 0.4) is 0 Å². The third kappa shape index (κ3) is 2.95. The lowest BCUT2D eigenvalue weighted by Crippen LogP contribution is -2.42. The lowest BCUT2D eigenvalue weighted by molar-refractivity contribution is 1.11. The van der Waals surface area contributed by atoms with Gasteiger partial charge < -0.3 is 0 Å². The van der Waals surface area contributed by atoms with Crippen LogP contribution in [-0.4, -0.2) is 13.1 Å². The van der Waals surface area contributed by atoms with Gasteiger partial charge in [-0.15, -0.1) is 0 Å². The summed E-state index contributed by atoms with van der Waals surface area (Å²) >= 11 is 0. The number of aromatic nitrogens is 1. The van der Waals surface area contributed by atoms with Crippen molar-refractivity contribution in [1.29, 1.82) is 0 Å². The number of hydrogen-bond acceptors (Lipinski definition) is 1. The second-order valence-electron chi connectivity index (χ2n) is 6.10. The van der Waals surface area contributed by atoms with Gasteiger partial charge in [-0.2, -0.15) is 0 Å². The number of hydrogen-bond donors (Lipinski definition) is 0. The third-order valence-corrected chi connectivity index (χ3v) is 5.67. The maximum Gasteiger partial charge on any atom is 0.0803 e. The van der Waals surface area contributed by atoms with Gasteiger partial charge in [-0.1, -0.05) is 56.9 Å². The molecule has 0 unspecified atom stereocenters. The summed E-state index contributed by atoms with van der Waals surface area (Å²) in [6, 6.07) is 12.8. The molecule has 1 heterocycles. The van der Waals surface area contributed by atoms with Gasteiger partial charge in [-0.25, -0.2) is 0 Å². The van der Waals surface area contributed by atoms with Crippen molar-refractivity contribution in [3.05, 3.63) is 47.7 Å². The minimum atomic E-state index is -1.33. The quantitative estimate of drug-likeness (QED) is 0.762. The second-order valence-corrected chi connectivity index (χ2v) is 11.1. The fourth-order valence-electron chi connectivity index (χ4n) is 2.80. The molecule has 0 aliphatic carbocycles. The van der Waals surface area contributed by atoms with Crippen LogP contribution in [0.15, 0.2) is 36.4 Å². The molecule has 0 fully saturated rings. The molecule has 2 aromatic rings. The summed E-state index contributed by atoms with van der Waals surface area (Å²) in [5.74, 6) is 0. The van der Waals surface area contributed by atoms with E-state index < -0.39 is 8.07 Å². The van der Waals surface area contributed by atoms with Crippen LogP contribution in [0, 0.1) is 6.92 Å². The molecule has 1 nitrogen and oxygen atoms in total. The Hall–Kier alpha value is -1.41. The largest absolute Gasteiger partial charge is 0.253 e. The van der Waals surface area contributed by atoms with E-state index in [0.29, 0.717) is 0 Å². The average molecular weight is 269 g/mol. The number of pyridine rings is 1. The monoisotopic (exact) mass is 269 g/mol. The number of benzene rings is 1. The van der Waals surface area contributed by atoms with Crippen LogP contribution in [0.5, 0.6) is 0 Å². The normalized spacial score (nSPS) is 11.6. The summed E-state index contributed by atoms with van der Waals surface area (Å²) in [7, 11) is -1.33. The minimum Gasteiger partial charge on any atom is -0.253 e. The highest BCUT2D eigenvalue weighted by Crippen LogP contribution is 2.20. The molecule has 0 amide bonds. The molecule has 0 N–H and O–H groups in total. The van der Waals surface area contributed by atoms with Gasteiger partial charge in [0.05, 0.1) is 13.8 Å². The number of rotatable bonds is 3. The fourth-order valence-corrected chi connectivity index (χ4v) is 5.15. The van der Waals surface area contributed by atoms with Crippen LogP contribution in [0.25, 0.3) is 11.3 Å². The van der Waals surface area contributed by atoms with Crippen molar-refractivity contribution in [1.82, 2.24) is 4.98 Å². The zero-order valence-corrected chi connectivity index (χ0v) is 13.6. The molecule has 1 aromatic heterocycles. The van der Waals surface area contributed by atoms with Gasteiger partial charge in [-0.05, 0) is 30.2 Å². The molecule has 0 saturated heterocycles. The van der Waals surface area contributed by atoms with Gasteiger partial charge in [-0.3, -0.25) is 4.98 Å². The van der Waals surface area contributed by atoms with Crippen LogP contribution in [0.4, 0.5) is 0 Å². The first-order valence-corrected chi connectivity index (χ1v) is 10.5. The highest BCUT2D eigenvalue weighted by Gasteiger charge is 2.23. The van der Waals surface area contributed by atoms with Crippen LogP contribution >= 0.6 is 0 Å². The molecule has 0 saturated carbocycles. The first-order valence-electron chi connectivity index (χ1n) is 7.00. The topological polar surface area (TPSA) is 12.9 Å². The van der Waals surface area contributed by atoms with E-state index in [4.69, 9.17) is 4.98 Å². The van der Waals surface area contributed by atoms with Crippen LogP contribution in [0.2, 0.25) is 19.6 Å². The van der Waals surface area contributed by atoms with Crippen molar-refractivity contribution >= 4 is 13.3 Å². The van der Waals surface area contributed by atoms with Crippen molar-refractivity contribution < 1.29 is 0 Å². The molecule has 2 heteroatoms. The maximum atomic E-state index is 4.85. The van der Waals surface area contributed by atoms with E-state index in [-0.39, 0.29) is 0 Å². The summed E-state index contributed by atoms with van der Waals surface area (Å²) in [6.07, 6.45) is 1.09. The Morgan fingerprint density at radius 1 is 1.05 bits per heavy atom. The fraction of sp³-hybridized carbons (Fsp3) is 0.353. The second kappa shape index (κ2) is 5.30. The Balaban J connectivity index is 2.61. The Bertz CT molecular complexity index is 568. The van der Waals surface area contributed by atoms with E-state index in [1.165, 1.54) is 22.0 Å². The van der Waals surface area contributed by atoms with Crippen molar-refractivity contribution in [3.8, 4) is 11.3 Å². The molecule has 19 heavy (non-hydrogen) atoms. The molecule has 0 atom stereocenters. The maximum absolute atomic E-state index is 4.85. The van der Waals surface area contributed by atoms with Crippen molar-refractivity contribution in [2.24, 2.45) is 0 Å². The summed E-state index contributed by atoms with van der Waals surface area (Å²) < 4.78 is 0. The molecule has 0 radical (unpaired) electrons. The number of aryl methyl sites for hydroxylation is 2. The molecule has 0 spiro atoms. The highest BCUT2D eigenvalue weighted by atomic mass is 28.3.